The summed E-state index contributed by atoms with van der Waals surface area (Å²) in [6, 6.07) is 1.73. The molecule has 1 aromatic rings. The third-order valence-corrected chi connectivity index (χ3v) is 2.47. The number of carbonyl (C=O) groups is 1. The SMILES string of the molecule is CCOCC(=O)c1cc(OC)cs1. The molecule has 0 unspecified atom stereocenters. The van der Waals surface area contributed by atoms with Crippen molar-refractivity contribution < 1.29 is 14.3 Å². The van der Waals surface area contributed by atoms with Gasteiger partial charge in [-0.05, 0) is 6.92 Å². The van der Waals surface area contributed by atoms with E-state index in [-0.39, 0.29) is 12.4 Å². The van der Waals surface area contributed by atoms with Crippen molar-refractivity contribution in [1.29, 1.82) is 0 Å². The Balaban J connectivity index is 2.55. The lowest BCUT2D eigenvalue weighted by Crippen LogP contribution is -2.06. The molecule has 0 radical (unpaired) electrons. The summed E-state index contributed by atoms with van der Waals surface area (Å²) >= 11 is 1.38. The van der Waals surface area contributed by atoms with Crippen molar-refractivity contribution >= 4 is 17.1 Å². The van der Waals surface area contributed by atoms with Crippen LogP contribution in [0.1, 0.15) is 16.6 Å². The molecule has 0 spiro atoms. The Kier molecular flexibility index (Phi) is 3.92. The highest BCUT2D eigenvalue weighted by atomic mass is 32.1. The quantitative estimate of drug-likeness (QED) is 0.682. The summed E-state index contributed by atoms with van der Waals surface area (Å²) in [5, 5.41) is 1.80. The van der Waals surface area contributed by atoms with Crippen LogP contribution in [0.3, 0.4) is 0 Å². The smallest absolute Gasteiger partial charge is 0.198 e. The van der Waals surface area contributed by atoms with Crippen molar-refractivity contribution in [1.82, 2.24) is 0 Å². The molecule has 0 fully saturated rings. The second-order valence-electron chi connectivity index (χ2n) is 2.41. The van der Waals surface area contributed by atoms with Crippen molar-refractivity contribution in [3.8, 4) is 5.75 Å². The van der Waals surface area contributed by atoms with E-state index < -0.39 is 0 Å². The number of hydrogen-bond donors (Lipinski definition) is 0. The summed E-state index contributed by atoms with van der Waals surface area (Å²) in [5.74, 6) is 0.736. The van der Waals surface area contributed by atoms with Gasteiger partial charge in [0.25, 0.3) is 0 Å². The third kappa shape index (κ3) is 2.82. The number of carbonyl (C=O) groups excluding carboxylic acids is 1. The van der Waals surface area contributed by atoms with Gasteiger partial charge >= 0.3 is 0 Å². The molecule has 0 atom stereocenters. The second-order valence-corrected chi connectivity index (χ2v) is 3.32. The van der Waals surface area contributed by atoms with Crippen molar-refractivity contribution in [3.63, 3.8) is 0 Å². The molecule has 0 saturated heterocycles. The Hall–Kier alpha value is -0.870. The van der Waals surface area contributed by atoms with Gasteiger partial charge in [0.05, 0.1) is 12.0 Å². The fourth-order valence-corrected chi connectivity index (χ4v) is 1.62. The van der Waals surface area contributed by atoms with Crippen LogP contribution in [-0.4, -0.2) is 26.1 Å². The van der Waals surface area contributed by atoms with Gasteiger partial charge in [-0.25, -0.2) is 0 Å². The molecule has 0 aliphatic rings. The minimum Gasteiger partial charge on any atom is -0.496 e. The second kappa shape index (κ2) is 4.99. The highest BCUT2D eigenvalue weighted by molar-refractivity contribution is 7.12. The standard InChI is InChI=1S/C9H12O3S/c1-3-12-5-8(10)9-4-7(11-2)6-13-9/h4,6H,3,5H2,1-2H3. The average molecular weight is 200 g/mol. The maximum Gasteiger partial charge on any atom is 0.198 e. The molecule has 0 aliphatic carbocycles. The molecule has 13 heavy (non-hydrogen) atoms. The predicted molar refractivity (Wildman–Crippen MR) is 51.7 cm³/mol. The number of thiophene rings is 1. The molecule has 0 N–H and O–H groups in total. The van der Waals surface area contributed by atoms with Crippen molar-refractivity contribution in [3.05, 3.63) is 16.3 Å². The van der Waals surface area contributed by atoms with Gasteiger partial charge in [0.2, 0.25) is 0 Å². The van der Waals surface area contributed by atoms with Gasteiger partial charge in [0.15, 0.2) is 5.78 Å². The molecule has 0 aliphatic heterocycles. The Morgan fingerprint density at radius 3 is 2.92 bits per heavy atom. The van der Waals surface area contributed by atoms with E-state index in [2.05, 4.69) is 0 Å². The Morgan fingerprint density at radius 1 is 1.62 bits per heavy atom. The monoisotopic (exact) mass is 200 g/mol. The number of Topliss-reactive ketones (excluding diaryl/α,β-unsaturated/α-hetero) is 1. The van der Waals surface area contributed by atoms with Crippen molar-refractivity contribution in [2.24, 2.45) is 0 Å². The molecule has 1 aromatic heterocycles. The summed E-state index contributed by atoms with van der Waals surface area (Å²) in [6.07, 6.45) is 0. The summed E-state index contributed by atoms with van der Waals surface area (Å²) in [6.45, 7) is 2.58. The molecule has 1 rings (SSSR count). The van der Waals surface area contributed by atoms with E-state index in [0.717, 1.165) is 5.75 Å². The lowest BCUT2D eigenvalue weighted by molar-refractivity contribution is 0.0787. The number of ether oxygens (including phenoxy) is 2. The van der Waals surface area contributed by atoms with Crippen molar-refractivity contribution in [2.45, 2.75) is 6.92 Å². The van der Waals surface area contributed by atoms with Crippen LogP contribution in [0.4, 0.5) is 0 Å². The minimum atomic E-state index is 0.00940. The fraction of sp³-hybridized carbons (Fsp3) is 0.444. The van der Waals surface area contributed by atoms with Crippen LogP contribution >= 0.6 is 11.3 Å². The lowest BCUT2D eigenvalue weighted by Gasteiger charge is -1.96. The normalized spacial score (nSPS) is 10.0. The molecule has 72 valence electrons. The van der Waals surface area contributed by atoms with E-state index in [9.17, 15) is 4.79 Å². The van der Waals surface area contributed by atoms with Gasteiger partial charge < -0.3 is 9.47 Å². The lowest BCUT2D eigenvalue weighted by atomic mass is 10.3. The van der Waals surface area contributed by atoms with Gasteiger partial charge in [0, 0.05) is 18.1 Å². The topological polar surface area (TPSA) is 35.5 Å². The molecule has 1 heterocycles. The number of rotatable bonds is 5. The minimum absolute atomic E-state index is 0.00940. The van der Waals surface area contributed by atoms with E-state index >= 15 is 0 Å². The zero-order chi connectivity index (χ0) is 9.68. The summed E-state index contributed by atoms with van der Waals surface area (Å²) in [7, 11) is 1.58. The zero-order valence-electron chi connectivity index (χ0n) is 7.70. The first-order valence-electron chi connectivity index (χ1n) is 4.01. The van der Waals surface area contributed by atoms with Crippen LogP contribution in [0.2, 0.25) is 0 Å². The first kappa shape index (κ1) is 10.2. The maximum absolute atomic E-state index is 11.4. The van der Waals surface area contributed by atoms with Gasteiger partial charge in [-0.3, -0.25) is 4.79 Å². The van der Waals surface area contributed by atoms with Crippen LogP contribution in [0.5, 0.6) is 5.75 Å². The molecular formula is C9H12O3S. The summed E-state index contributed by atoms with van der Waals surface area (Å²) < 4.78 is 9.98. The van der Waals surface area contributed by atoms with Gasteiger partial charge in [-0.15, -0.1) is 11.3 Å². The highest BCUT2D eigenvalue weighted by Gasteiger charge is 2.08. The van der Waals surface area contributed by atoms with Crippen LogP contribution in [-0.2, 0) is 4.74 Å². The number of methoxy groups -OCH3 is 1. The van der Waals surface area contributed by atoms with E-state index in [1.165, 1.54) is 11.3 Å². The van der Waals surface area contributed by atoms with Crippen LogP contribution in [0.15, 0.2) is 11.4 Å². The van der Waals surface area contributed by atoms with Gasteiger partial charge in [-0.1, -0.05) is 0 Å². The molecule has 0 aromatic carbocycles. The molecule has 0 bridgehead atoms. The number of ketones is 1. The van der Waals surface area contributed by atoms with E-state index in [1.807, 2.05) is 6.92 Å². The average Bonchev–Trinajstić information content (AvgIpc) is 2.62. The third-order valence-electron chi connectivity index (χ3n) is 1.52. The van der Waals surface area contributed by atoms with Crippen LogP contribution < -0.4 is 4.74 Å². The first-order chi connectivity index (χ1) is 6.27. The predicted octanol–water partition coefficient (Wildman–Crippen LogP) is 1.98. The number of hydrogen-bond acceptors (Lipinski definition) is 4. The molecule has 3 nitrogen and oxygen atoms in total. The molecule has 4 heteroatoms. The Bertz CT molecular complexity index is 280. The molecule has 0 amide bonds. The van der Waals surface area contributed by atoms with Crippen molar-refractivity contribution in [2.75, 3.05) is 20.3 Å². The molecule has 0 saturated carbocycles. The largest absolute Gasteiger partial charge is 0.496 e. The van der Waals surface area contributed by atoms with Crippen LogP contribution in [0, 0.1) is 0 Å². The summed E-state index contributed by atoms with van der Waals surface area (Å²) in [4.78, 5) is 12.0. The Labute approximate surface area is 81.3 Å². The van der Waals surface area contributed by atoms with Crippen LogP contribution in [0.25, 0.3) is 0 Å². The first-order valence-corrected chi connectivity index (χ1v) is 4.89. The van der Waals surface area contributed by atoms with Gasteiger partial charge in [0.1, 0.15) is 12.4 Å². The van der Waals surface area contributed by atoms with E-state index in [4.69, 9.17) is 9.47 Å². The highest BCUT2D eigenvalue weighted by Crippen LogP contribution is 2.21. The van der Waals surface area contributed by atoms with Gasteiger partial charge in [-0.2, -0.15) is 0 Å². The maximum atomic E-state index is 11.4. The zero-order valence-corrected chi connectivity index (χ0v) is 8.52. The van der Waals surface area contributed by atoms with E-state index in [1.54, 1.807) is 18.6 Å². The van der Waals surface area contributed by atoms with E-state index in [0.29, 0.717) is 11.5 Å². The molecular weight excluding hydrogens is 188 g/mol. The Morgan fingerprint density at radius 2 is 2.38 bits per heavy atom. The fourth-order valence-electron chi connectivity index (χ4n) is 0.838. The summed E-state index contributed by atoms with van der Waals surface area (Å²) in [5.41, 5.74) is 0.